The molecule has 0 radical (unpaired) electrons. The maximum atomic E-state index is 13.2. The first kappa shape index (κ1) is 19.3. The van der Waals surface area contributed by atoms with Gasteiger partial charge in [-0.05, 0) is 50.7 Å². The molecule has 6 heteroatoms. The number of piperidine rings is 1. The van der Waals surface area contributed by atoms with Gasteiger partial charge in [0.1, 0.15) is 17.2 Å². The average Bonchev–Trinajstić information content (AvgIpc) is 3.28. The quantitative estimate of drug-likeness (QED) is 0.650. The molecule has 4 heterocycles. The first-order chi connectivity index (χ1) is 14.6. The van der Waals surface area contributed by atoms with Crippen LogP contribution in [0.5, 0.6) is 0 Å². The Bertz CT molecular complexity index is 1080. The smallest absolute Gasteiger partial charge is 0.227 e. The number of benzene rings is 1. The van der Waals surface area contributed by atoms with Gasteiger partial charge in [0.05, 0.1) is 12.7 Å². The fraction of sp³-hybridized carbons (Fsp3) is 0.542. The molecule has 6 nitrogen and oxygen atoms in total. The van der Waals surface area contributed by atoms with Gasteiger partial charge in [0, 0.05) is 42.9 Å². The highest BCUT2D eigenvalue weighted by atomic mass is 16.3. The summed E-state index contributed by atoms with van der Waals surface area (Å²) in [4.78, 5) is 15.2. The van der Waals surface area contributed by atoms with Crippen molar-refractivity contribution in [2.75, 3.05) is 13.1 Å². The molecule has 1 fully saturated rings. The second-order valence-electron chi connectivity index (χ2n) is 8.94. The van der Waals surface area contributed by atoms with Gasteiger partial charge in [0.2, 0.25) is 5.91 Å². The minimum absolute atomic E-state index is 0.177. The zero-order valence-electron chi connectivity index (χ0n) is 18.0. The Balaban J connectivity index is 1.33. The van der Waals surface area contributed by atoms with E-state index in [-0.39, 0.29) is 11.8 Å². The second-order valence-corrected chi connectivity index (χ2v) is 8.94. The van der Waals surface area contributed by atoms with Crippen LogP contribution in [0.2, 0.25) is 0 Å². The normalized spacial score (nSPS) is 19.7. The third kappa shape index (κ3) is 3.42. The van der Waals surface area contributed by atoms with Crippen LogP contribution in [0.3, 0.4) is 0 Å². The molecule has 158 valence electrons. The molecule has 5 rings (SSSR count). The van der Waals surface area contributed by atoms with Crippen LogP contribution in [0, 0.1) is 13.8 Å². The highest BCUT2D eigenvalue weighted by Crippen LogP contribution is 2.30. The van der Waals surface area contributed by atoms with Crippen molar-refractivity contribution in [3.05, 3.63) is 46.7 Å². The SMILES string of the molecule is Cc1ccc2c(CC(=O)N3CCC[C@@H](c4nnc5n4CCCCC5)C3)coc2c1C. The van der Waals surface area contributed by atoms with E-state index in [4.69, 9.17) is 4.42 Å². The minimum Gasteiger partial charge on any atom is -0.464 e. The number of amides is 1. The standard InChI is InChI=1S/C24H30N4O2/c1-16-9-10-20-19(15-30-23(20)17(16)2)13-22(29)27-11-6-7-18(14-27)24-26-25-21-8-4-3-5-12-28(21)24/h9-10,15,18H,3-8,11-14H2,1-2H3/t18-/m1/s1. The van der Waals surface area contributed by atoms with Crippen LogP contribution >= 0.6 is 0 Å². The van der Waals surface area contributed by atoms with Crippen LogP contribution in [-0.2, 0) is 24.2 Å². The Morgan fingerprint density at radius 1 is 1.13 bits per heavy atom. The van der Waals surface area contributed by atoms with Crippen LogP contribution in [-0.4, -0.2) is 38.7 Å². The molecule has 1 aromatic carbocycles. The molecule has 1 atom stereocenters. The van der Waals surface area contributed by atoms with Gasteiger partial charge in [-0.1, -0.05) is 18.6 Å². The number of carbonyl (C=O) groups is 1. The van der Waals surface area contributed by atoms with Crippen molar-refractivity contribution in [2.24, 2.45) is 0 Å². The summed E-state index contributed by atoms with van der Waals surface area (Å²) in [5.74, 6) is 2.68. The number of carbonyl (C=O) groups excluding carboxylic acids is 1. The van der Waals surface area contributed by atoms with E-state index in [1.807, 2.05) is 4.90 Å². The molecular formula is C24H30N4O2. The highest BCUT2D eigenvalue weighted by molar-refractivity contribution is 5.89. The average molecular weight is 407 g/mol. The molecule has 2 aliphatic rings. The summed E-state index contributed by atoms with van der Waals surface area (Å²) in [5, 5.41) is 10.1. The number of rotatable bonds is 3. The van der Waals surface area contributed by atoms with Crippen LogP contribution < -0.4 is 0 Å². The van der Waals surface area contributed by atoms with Gasteiger partial charge in [-0.15, -0.1) is 10.2 Å². The first-order valence-electron chi connectivity index (χ1n) is 11.3. The van der Waals surface area contributed by atoms with Crippen molar-refractivity contribution in [3.8, 4) is 0 Å². The Morgan fingerprint density at radius 2 is 2.03 bits per heavy atom. The molecule has 0 unspecified atom stereocenters. The van der Waals surface area contributed by atoms with E-state index in [0.29, 0.717) is 6.42 Å². The molecule has 0 bridgehead atoms. The van der Waals surface area contributed by atoms with Crippen molar-refractivity contribution >= 4 is 16.9 Å². The predicted molar refractivity (Wildman–Crippen MR) is 116 cm³/mol. The Kier molecular flexibility index (Phi) is 5.09. The fourth-order valence-electron chi connectivity index (χ4n) is 5.02. The molecule has 1 amide bonds. The molecule has 30 heavy (non-hydrogen) atoms. The predicted octanol–water partition coefficient (Wildman–Crippen LogP) is 4.32. The Morgan fingerprint density at radius 3 is 2.93 bits per heavy atom. The molecule has 2 aliphatic heterocycles. The van der Waals surface area contributed by atoms with Crippen molar-refractivity contribution < 1.29 is 9.21 Å². The second kappa shape index (κ2) is 7.89. The van der Waals surface area contributed by atoms with E-state index >= 15 is 0 Å². The molecule has 0 saturated carbocycles. The number of hydrogen-bond acceptors (Lipinski definition) is 4. The molecule has 1 saturated heterocycles. The van der Waals surface area contributed by atoms with Gasteiger partial charge in [0.15, 0.2) is 0 Å². The summed E-state index contributed by atoms with van der Waals surface area (Å²) in [5.41, 5.74) is 4.25. The highest BCUT2D eigenvalue weighted by Gasteiger charge is 2.29. The largest absolute Gasteiger partial charge is 0.464 e. The minimum atomic E-state index is 0.177. The maximum Gasteiger partial charge on any atom is 0.227 e. The number of likely N-dealkylation sites (tertiary alicyclic amines) is 1. The third-order valence-electron chi connectivity index (χ3n) is 6.96. The van der Waals surface area contributed by atoms with Gasteiger partial charge in [-0.3, -0.25) is 4.79 Å². The van der Waals surface area contributed by atoms with E-state index in [2.05, 4.69) is 40.7 Å². The van der Waals surface area contributed by atoms with Crippen molar-refractivity contribution in [3.63, 3.8) is 0 Å². The lowest BCUT2D eigenvalue weighted by Gasteiger charge is -2.32. The molecular weight excluding hydrogens is 376 g/mol. The summed E-state index contributed by atoms with van der Waals surface area (Å²) in [6.45, 7) is 6.74. The van der Waals surface area contributed by atoms with E-state index in [1.54, 1.807) is 6.26 Å². The molecule has 0 spiro atoms. The number of furan rings is 1. The Hall–Kier alpha value is -2.63. The number of aromatic nitrogens is 3. The lowest BCUT2D eigenvalue weighted by atomic mass is 9.96. The fourth-order valence-corrected chi connectivity index (χ4v) is 5.02. The van der Waals surface area contributed by atoms with Gasteiger partial charge < -0.3 is 13.9 Å². The Labute approximate surface area is 177 Å². The number of fused-ring (bicyclic) bond motifs is 2. The molecule has 3 aromatic rings. The van der Waals surface area contributed by atoms with Crippen LogP contribution in [0.1, 0.15) is 66.4 Å². The third-order valence-corrected chi connectivity index (χ3v) is 6.96. The van der Waals surface area contributed by atoms with Gasteiger partial charge in [-0.2, -0.15) is 0 Å². The maximum absolute atomic E-state index is 13.2. The van der Waals surface area contributed by atoms with Crippen LogP contribution in [0.25, 0.3) is 11.0 Å². The van der Waals surface area contributed by atoms with E-state index in [1.165, 1.54) is 24.8 Å². The van der Waals surface area contributed by atoms with E-state index < -0.39 is 0 Å². The van der Waals surface area contributed by atoms with Crippen molar-refractivity contribution in [1.29, 1.82) is 0 Å². The lowest BCUT2D eigenvalue weighted by molar-refractivity contribution is -0.131. The lowest BCUT2D eigenvalue weighted by Crippen LogP contribution is -2.40. The van der Waals surface area contributed by atoms with Gasteiger partial charge in [-0.25, -0.2) is 0 Å². The van der Waals surface area contributed by atoms with Gasteiger partial charge >= 0.3 is 0 Å². The molecule has 0 aliphatic carbocycles. The van der Waals surface area contributed by atoms with Crippen molar-refractivity contribution in [1.82, 2.24) is 19.7 Å². The topological polar surface area (TPSA) is 64.2 Å². The summed E-state index contributed by atoms with van der Waals surface area (Å²) < 4.78 is 8.14. The summed E-state index contributed by atoms with van der Waals surface area (Å²) in [7, 11) is 0. The summed E-state index contributed by atoms with van der Waals surface area (Å²) in [6.07, 6.45) is 8.92. The van der Waals surface area contributed by atoms with Gasteiger partial charge in [0.25, 0.3) is 0 Å². The molecule has 0 N–H and O–H groups in total. The first-order valence-corrected chi connectivity index (χ1v) is 11.3. The van der Waals surface area contributed by atoms with Crippen molar-refractivity contribution in [2.45, 2.75) is 71.3 Å². The molecule has 2 aromatic heterocycles. The zero-order valence-corrected chi connectivity index (χ0v) is 18.0. The number of nitrogens with zero attached hydrogens (tertiary/aromatic N) is 4. The van der Waals surface area contributed by atoms with Crippen LogP contribution in [0.15, 0.2) is 22.8 Å². The summed E-state index contributed by atoms with van der Waals surface area (Å²) >= 11 is 0. The number of hydrogen-bond donors (Lipinski definition) is 0. The van der Waals surface area contributed by atoms with E-state index in [0.717, 1.165) is 72.6 Å². The summed E-state index contributed by atoms with van der Waals surface area (Å²) in [6, 6.07) is 4.18. The zero-order chi connectivity index (χ0) is 20.7. The van der Waals surface area contributed by atoms with E-state index in [9.17, 15) is 4.79 Å². The number of aryl methyl sites for hydroxylation is 3. The van der Waals surface area contributed by atoms with Crippen LogP contribution in [0.4, 0.5) is 0 Å². The monoisotopic (exact) mass is 406 g/mol.